The number of amides is 4. The van der Waals surface area contributed by atoms with Crippen LogP contribution in [-0.4, -0.2) is 68.1 Å². The van der Waals surface area contributed by atoms with Gasteiger partial charge in [0.25, 0.3) is 23.6 Å². The zero-order valence-corrected chi connectivity index (χ0v) is 12.0. The molecule has 0 radical (unpaired) electrons. The lowest BCUT2D eigenvalue weighted by Crippen LogP contribution is -2.51. The molecule has 2 rings (SSSR count). The molecule has 2 aliphatic rings. The number of carbonyl (C=O) groups is 6. The lowest BCUT2D eigenvalue weighted by Gasteiger charge is -2.26. The number of hydroxylamine groups is 4. The summed E-state index contributed by atoms with van der Waals surface area (Å²) >= 11 is 0. The average molecular weight is 344 g/mol. The summed E-state index contributed by atoms with van der Waals surface area (Å²) in [5, 5.41) is 18.5. The van der Waals surface area contributed by atoms with Crippen molar-refractivity contribution in [1.29, 1.82) is 0 Å². The van der Waals surface area contributed by atoms with Crippen molar-refractivity contribution in [3.05, 3.63) is 0 Å². The van der Waals surface area contributed by atoms with Crippen LogP contribution in [0.4, 0.5) is 0 Å². The molecule has 12 nitrogen and oxygen atoms in total. The van der Waals surface area contributed by atoms with Crippen LogP contribution in [0, 0.1) is 0 Å². The van der Waals surface area contributed by atoms with Crippen LogP contribution in [0.5, 0.6) is 0 Å². The molecule has 130 valence electrons. The van der Waals surface area contributed by atoms with Crippen LogP contribution in [0.25, 0.3) is 0 Å². The van der Waals surface area contributed by atoms with Crippen molar-refractivity contribution < 1.29 is 48.7 Å². The Bertz CT molecular complexity index is 543. The number of nitrogens with zero attached hydrogens (tertiary/aromatic N) is 2. The number of hydrogen-bond acceptors (Lipinski definition) is 8. The van der Waals surface area contributed by atoms with E-state index in [0.29, 0.717) is 0 Å². The fraction of sp³-hybridized carbons (Fsp3) is 0.500. The number of carboxylic acid groups (broad SMARTS) is 2. The van der Waals surface area contributed by atoms with E-state index in [1.54, 1.807) is 0 Å². The maximum absolute atomic E-state index is 11.5. The van der Waals surface area contributed by atoms with Crippen molar-refractivity contribution in [1.82, 2.24) is 10.1 Å². The maximum atomic E-state index is 11.5. The van der Waals surface area contributed by atoms with Gasteiger partial charge in [0.15, 0.2) is 0 Å². The fourth-order valence-electron chi connectivity index (χ4n) is 2.03. The monoisotopic (exact) mass is 344 g/mol. The third kappa shape index (κ3) is 3.38. The molecule has 0 aliphatic carbocycles. The van der Waals surface area contributed by atoms with E-state index in [4.69, 9.17) is 10.2 Å². The first-order valence-electron chi connectivity index (χ1n) is 6.73. The van der Waals surface area contributed by atoms with E-state index in [2.05, 4.69) is 9.68 Å². The molecule has 0 aromatic carbocycles. The Morgan fingerprint density at radius 2 is 0.958 bits per heavy atom. The predicted molar refractivity (Wildman–Crippen MR) is 67.2 cm³/mol. The Labute approximate surface area is 133 Å². The summed E-state index contributed by atoms with van der Waals surface area (Å²) in [6, 6.07) is 0. The summed E-state index contributed by atoms with van der Waals surface area (Å²) in [5.41, 5.74) is 0. The number of hydrogen-bond donors (Lipinski definition) is 2. The minimum Gasteiger partial charge on any atom is -0.479 e. The highest BCUT2D eigenvalue weighted by atomic mass is 16.8. The molecule has 2 saturated heterocycles. The molecule has 4 amide bonds. The molecule has 2 unspecified atom stereocenters. The highest BCUT2D eigenvalue weighted by molar-refractivity contribution is 6.01. The van der Waals surface area contributed by atoms with Crippen LogP contribution >= 0.6 is 0 Å². The summed E-state index contributed by atoms with van der Waals surface area (Å²) in [6.45, 7) is 0. The van der Waals surface area contributed by atoms with E-state index in [1.165, 1.54) is 0 Å². The Morgan fingerprint density at radius 1 is 0.708 bits per heavy atom. The predicted octanol–water partition coefficient (Wildman–Crippen LogP) is -1.95. The molecular formula is C12H12N2O10. The van der Waals surface area contributed by atoms with Gasteiger partial charge in [0.2, 0.25) is 12.2 Å². The molecule has 2 aliphatic heterocycles. The van der Waals surface area contributed by atoms with Crippen LogP contribution < -0.4 is 0 Å². The smallest absolute Gasteiger partial charge is 0.339 e. The molecule has 0 aromatic heterocycles. The van der Waals surface area contributed by atoms with Gasteiger partial charge < -0.3 is 10.2 Å². The van der Waals surface area contributed by atoms with Crippen molar-refractivity contribution in [2.45, 2.75) is 37.9 Å². The van der Waals surface area contributed by atoms with E-state index in [0.717, 1.165) is 0 Å². The zero-order chi connectivity index (χ0) is 18.0. The Morgan fingerprint density at radius 3 is 1.17 bits per heavy atom. The molecule has 2 heterocycles. The van der Waals surface area contributed by atoms with Crippen molar-refractivity contribution >= 4 is 35.6 Å². The van der Waals surface area contributed by atoms with Crippen molar-refractivity contribution in [2.24, 2.45) is 0 Å². The van der Waals surface area contributed by atoms with Crippen LogP contribution in [-0.2, 0) is 38.4 Å². The van der Waals surface area contributed by atoms with E-state index in [-0.39, 0.29) is 35.8 Å². The summed E-state index contributed by atoms with van der Waals surface area (Å²) in [7, 11) is 0. The first-order chi connectivity index (χ1) is 11.2. The molecule has 2 atom stereocenters. The molecule has 0 saturated carbocycles. The van der Waals surface area contributed by atoms with Crippen LogP contribution in [0.1, 0.15) is 25.7 Å². The third-order valence-electron chi connectivity index (χ3n) is 3.21. The van der Waals surface area contributed by atoms with E-state index < -0.39 is 47.8 Å². The van der Waals surface area contributed by atoms with Gasteiger partial charge >= 0.3 is 11.9 Å². The summed E-state index contributed by atoms with van der Waals surface area (Å²) < 4.78 is 0. The Kier molecular flexibility index (Phi) is 4.90. The molecule has 0 aromatic rings. The van der Waals surface area contributed by atoms with Gasteiger partial charge in [-0.05, 0) is 0 Å². The largest absolute Gasteiger partial charge is 0.479 e. The van der Waals surface area contributed by atoms with Crippen LogP contribution in [0.15, 0.2) is 0 Å². The molecule has 12 heteroatoms. The number of aliphatic carboxylic acids is 2. The minimum absolute atomic E-state index is 0.145. The van der Waals surface area contributed by atoms with Gasteiger partial charge in [0, 0.05) is 25.7 Å². The minimum atomic E-state index is -2.34. The Balaban J connectivity index is 2.21. The number of carboxylic acids is 2. The van der Waals surface area contributed by atoms with Gasteiger partial charge in [0.1, 0.15) is 0 Å². The fourth-order valence-corrected chi connectivity index (χ4v) is 2.03. The van der Waals surface area contributed by atoms with Crippen molar-refractivity contribution in [3.8, 4) is 0 Å². The second-order valence-corrected chi connectivity index (χ2v) is 4.89. The summed E-state index contributed by atoms with van der Waals surface area (Å²) in [5.74, 6) is -7.11. The SMILES string of the molecule is O=C(O)C(ON1C(=O)CCC1=O)C(ON1C(=O)CCC1=O)C(=O)O. The normalized spacial score (nSPS) is 20.7. The van der Waals surface area contributed by atoms with Gasteiger partial charge in [-0.15, -0.1) is 0 Å². The second-order valence-electron chi connectivity index (χ2n) is 4.89. The molecule has 0 bridgehead atoms. The van der Waals surface area contributed by atoms with Crippen molar-refractivity contribution in [3.63, 3.8) is 0 Å². The van der Waals surface area contributed by atoms with Crippen LogP contribution in [0.3, 0.4) is 0 Å². The first kappa shape index (κ1) is 17.5. The van der Waals surface area contributed by atoms with Gasteiger partial charge in [-0.25, -0.2) is 19.3 Å². The van der Waals surface area contributed by atoms with Gasteiger partial charge in [0.05, 0.1) is 0 Å². The van der Waals surface area contributed by atoms with Gasteiger partial charge in [-0.2, -0.15) is 10.1 Å². The topological polar surface area (TPSA) is 168 Å². The average Bonchev–Trinajstić information content (AvgIpc) is 2.98. The Hall–Kier alpha value is -2.86. The molecular weight excluding hydrogens is 332 g/mol. The molecule has 2 fully saturated rings. The van der Waals surface area contributed by atoms with E-state index in [9.17, 15) is 28.8 Å². The lowest BCUT2D eigenvalue weighted by atomic mass is 10.2. The third-order valence-corrected chi connectivity index (χ3v) is 3.21. The second kappa shape index (κ2) is 6.72. The first-order valence-corrected chi connectivity index (χ1v) is 6.73. The maximum Gasteiger partial charge on any atom is 0.339 e. The molecule has 0 spiro atoms. The highest BCUT2D eigenvalue weighted by Crippen LogP contribution is 2.20. The lowest BCUT2D eigenvalue weighted by molar-refractivity contribution is -0.253. The number of imide groups is 2. The zero-order valence-electron chi connectivity index (χ0n) is 12.0. The summed E-state index contributed by atoms with van der Waals surface area (Å²) in [6.07, 6.45) is -5.54. The van der Waals surface area contributed by atoms with Crippen molar-refractivity contribution in [2.75, 3.05) is 0 Å². The van der Waals surface area contributed by atoms with Crippen LogP contribution in [0.2, 0.25) is 0 Å². The van der Waals surface area contributed by atoms with E-state index in [1.807, 2.05) is 0 Å². The number of carbonyl (C=O) groups excluding carboxylic acids is 4. The van der Waals surface area contributed by atoms with Gasteiger partial charge in [-0.1, -0.05) is 0 Å². The standard InChI is InChI=1S/C12H12N2O10/c15-5-1-2-6(16)13(5)23-9(11(19)20)10(12(21)22)24-14-7(17)3-4-8(14)18/h9-10H,1-4H2,(H,19,20)(H,21,22). The summed E-state index contributed by atoms with van der Waals surface area (Å²) in [4.78, 5) is 77.8. The quantitative estimate of drug-likeness (QED) is 0.495. The molecule has 24 heavy (non-hydrogen) atoms. The van der Waals surface area contributed by atoms with E-state index >= 15 is 0 Å². The number of rotatable bonds is 7. The highest BCUT2D eigenvalue weighted by Gasteiger charge is 2.45. The molecule has 2 N–H and O–H groups in total. The van der Waals surface area contributed by atoms with Gasteiger partial charge in [-0.3, -0.25) is 19.2 Å².